The van der Waals surface area contributed by atoms with Gasteiger partial charge in [-0.05, 0) is 24.1 Å². The van der Waals surface area contributed by atoms with Crippen molar-refractivity contribution >= 4 is 22.0 Å². The molecule has 70 valence electrons. The molecule has 0 fully saturated rings. The van der Waals surface area contributed by atoms with E-state index < -0.39 is 0 Å². The average Bonchev–Trinajstić information content (AvgIpc) is 2.19. The van der Waals surface area contributed by atoms with Gasteiger partial charge in [0.2, 0.25) is 0 Å². The van der Waals surface area contributed by atoms with Crippen molar-refractivity contribution < 1.29 is 4.74 Å². The van der Waals surface area contributed by atoms with E-state index in [9.17, 15) is 0 Å². The third-order valence-corrected chi connectivity index (χ3v) is 2.14. The maximum absolute atomic E-state index is 5.12. The summed E-state index contributed by atoms with van der Waals surface area (Å²) >= 11 is 3.38. The van der Waals surface area contributed by atoms with Crippen LogP contribution in [0.1, 0.15) is 12.0 Å². The van der Waals surface area contributed by atoms with E-state index in [4.69, 9.17) is 4.74 Å². The third-order valence-electron chi connectivity index (χ3n) is 1.68. The van der Waals surface area contributed by atoms with Gasteiger partial charge in [0, 0.05) is 5.33 Å². The van der Waals surface area contributed by atoms with Gasteiger partial charge in [0.1, 0.15) is 5.75 Å². The highest BCUT2D eigenvalue weighted by Crippen LogP contribution is 2.13. The molecule has 0 aliphatic carbocycles. The minimum absolute atomic E-state index is 0.904. The van der Waals surface area contributed by atoms with Crippen molar-refractivity contribution in [3.8, 4) is 5.75 Å². The zero-order valence-corrected chi connectivity index (χ0v) is 9.25. The van der Waals surface area contributed by atoms with Gasteiger partial charge in [0.15, 0.2) is 0 Å². The molecule has 0 heterocycles. The van der Waals surface area contributed by atoms with E-state index in [2.05, 4.69) is 34.1 Å². The first-order valence-electron chi connectivity index (χ1n) is 4.23. The Labute approximate surface area is 87.5 Å². The third kappa shape index (κ3) is 3.64. The lowest BCUT2D eigenvalue weighted by atomic mass is 10.2. The minimum Gasteiger partial charge on any atom is -0.497 e. The van der Waals surface area contributed by atoms with E-state index in [1.807, 2.05) is 18.2 Å². The van der Waals surface area contributed by atoms with Crippen LogP contribution in [-0.2, 0) is 0 Å². The molecular weight excluding hydrogens is 228 g/mol. The summed E-state index contributed by atoms with van der Waals surface area (Å²) < 4.78 is 5.12. The Morgan fingerprint density at radius 1 is 1.46 bits per heavy atom. The topological polar surface area (TPSA) is 9.23 Å². The van der Waals surface area contributed by atoms with Crippen molar-refractivity contribution in [3.63, 3.8) is 0 Å². The molecule has 1 aromatic carbocycles. The lowest BCUT2D eigenvalue weighted by molar-refractivity contribution is 0.414. The molecule has 0 amide bonds. The predicted molar refractivity (Wildman–Crippen MR) is 60.4 cm³/mol. The van der Waals surface area contributed by atoms with Crippen molar-refractivity contribution in [2.24, 2.45) is 0 Å². The second-order valence-corrected chi connectivity index (χ2v) is 3.45. The standard InChI is InChI=1S/C11H13BrO/c1-13-11-7-4-6-10(9-11)5-2-3-8-12/h2,4-7,9H,3,8H2,1H3/b5-2-. The van der Waals surface area contributed by atoms with Gasteiger partial charge in [-0.2, -0.15) is 0 Å². The lowest BCUT2D eigenvalue weighted by Crippen LogP contribution is -1.82. The van der Waals surface area contributed by atoms with Crippen molar-refractivity contribution in [3.05, 3.63) is 35.9 Å². The second kappa shape index (κ2) is 5.81. The van der Waals surface area contributed by atoms with Crippen LogP contribution >= 0.6 is 15.9 Å². The van der Waals surface area contributed by atoms with Crippen molar-refractivity contribution in [2.75, 3.05) is 12.4 Å². The molecule has 0 spiro atoms. The maximum Gasteiger partial charge on any atom is 0.119 e. The zero-order chi connectivity index (χ0) is 9.52. The normalized spacial score (nSPS) is 10.6. The monoisotopic (exact) mass is 240 g/mol. The Bertz CT molecular complexity index is 281. The molecule has 0 saturated heterocycles. The van der Waals surface area contributed by atoms with Gasteiger partial charge in [-0.25, -0.2) is 0 Å². The number of methoxy groups -OCH3 is 1. The smallest absolute Gasteiger partial charge is 0.119 e. The Morgan fingerprint density at radius 2 is 2.31 bits per heavy atom. The van der Waals surface area contributed by atoms with Crippen molar-refractivity contribution in [1.82, 2.24) is 0 Å². The van der Waals surface area contributed by atoms with Crippen LogP contribution in [0.5, 0.6) is 5.75 Å². The Balaban J connectivity index is 2.66. The van der Waals surface area contributed by atoms with Crippen LogP contribution in [0, 0.1) is 0 Å². The molecule has 0 radical (unpaired) electrons. The first kappa shape index (κ1) is 10.3. The summed E-state index contributed by atoms with van der Waals surface area (Å²) in [4.78, 5) is 0. The SMILES string of the molecule is COc1cccc(/C=C\CCBr)c1. The summed E-state index contributed by atoms with van der Waals surface area (Å²) in [5.41, 5.74) is 1.18. The van der Waals surface area contributed by atoms with E-state index in [0.29, 0.717) is 0 Å². The van der Waals surface area contributed by atoms with Crippen LogP contribution < -0.4 is 4.74 Å². The molecule has 0 N–H and O–H groups in total. The highest BCUT2D eigenvalue weighted by Gasteiger charge is 1.90. The van der Waals surface area contributed by atoms with Gasteiger partial charge in [0.25, 0.3) is 0 Å². The number of rotatable bonds is 4. The largest absolute Gasteiger partial charge is 0.497 e. The first-order valence-corrected chi connectivity index (χ1v) is 5.35. The summed E-state index contributed by atoms with van der Waals surface area (Å²) in [6.07, 6.45) is 5.30. The zero-order valence-electron chi connectivity index (χ0n) is 7.66. The quantitative estimate of drug-likeness (QED) is 0.733. The number of ether oxygens (including phenoxy) is 1. The Hall–Kier alpha value is -0.760. The van der Waals surface area contributed by atoms with Gasteiger partial charge in [-0.3, -0.25) is 0 Å². The number of hydrogen-bond donors (Lipinski definition) is 0. The van der Waals surface area contributed by atoms with Crippen LogP contribution in [0.2, 0.25) is 0 Å². The molecule has 0 unspecified atom stereocenters. The molecule has 0 aliphatic heterocycles. The summed E-state index contributed by atoms with van der Waals surface area (Å²) in [6, 6.07) is 8.02. The van der Waals surface area contributed by atoms with E-state index in [1.54, 1.807) is 7.11 Å². The van der Waals surface area contributed by atoms with Crippen LogP contribution in [0.4, 0.5) is 0 Å². The molecular formula is C11H13BrO. The van der Waals surface area contributed by atoms with Crippen LogP contribution in [0.15, 0.2) is 30.3 Å². The van der Waals surface area contributed by atoms with E-state index in [1.165, 1.54) is 5.56 Å². The molecule has 1 aromatic rings. The fourth-order valence-corrected chi connectivity index (χ4v) is 1.29. The highest BCUT2D eigenvalue weighted by molar-refractivity contribution is 9.09. The molecule has 1 rings (SSSR count). The fraction of sp³-hybridized carbons (Fsp3) is 0.273. The highest BCUT2D eigenvalue weighted by atomic mass is 79.9. The second-order valence-electron chi connectivity index (χ2n) is 2.66. The number of alkyl halides is 1. The molecule has 0 saturated carbocycles. The summed E-state index contributed by atoms with van der Waals surface area (Å²) in [5, 5.41) is 1.01. The van der Waals surface area contributed by atoms with Gasteiger partial charge in [-0.1, -0.05) is 40.2 Å². The number of allylic oxidation sites excluding steroid dienone is 1. The minimum atomic E-state index is 0.904. The Morgan fingerprint density at radius 3 is 3.00 bits per heavy atom. The van der Waals surface area contributed by atoms with Crippen LogP contribution in [-0.4, -0.2) is 12.4 Å². The fourth-order valence-electron chi connectivity index (χ4n) is 1.03. The van der Waals surface area contributed by atoms with Crippen LogP contribution in [0.3, 0.4) is 0 Å². The van der Waals surface area contributed by atoms with Crippen molar-refractivity contribution in [1.29, 1.82) is 0 Å². The number of benzene rings is 1. The molecule has 1 nitrogen and oxygen atoms in total. The lowest BCUT2D eigenvalue weighted by Gasteiger charge is -1.99. The molecule has 0 aliphatic rings. The first-order chi connectivity index (χ1) is 6.36. The van der Waals surface area contributed by atoms with Crippen molar-refractivity contribution in [2.45, 2.75) is 6.42 Å². The molecule has 0 aromatic heterocycles. The average molecular weight is 241 g/mol. The van der Waals surface area contributed by atoms with Gasteiger partial charge < -0.3 is 4.74 Å². The molecule has 0 atom stereocenters. The predicted octanol–water partition coefficient (Wildman–Crippen LogP) is 3.49. The number of hydrogen-bond acceptors (Lipinski definition) is 1. The van der Waals surface area contributed by atoms with Crippen LogP contribution in [0.25, 0.3) is 6.08 Å². The van der Waals surface area contributed by atoms with Gasteiger partial charge in [0.05, 0.1) is 7.11 Å². The van der Waals surface area contributed by atoms with E-state index in [0.717, 1.165) is 17.5 Å². The van der Waals surface area contributed by atoms with Gasteiger partial charge >= 0.3 is 0 Å². The molecule has 2 heteroatoms. The maximum atomic E-state index is 5.12. The summed E-state index contributed by atoms with van der Waals surface area (Å²) in [7, 11) is 1.68. The van der Waals surface area contributed by atoms with Gasteiger partial charge in [-0.15, -0.1) is 0 Å². The Kier molecular flexibility index (Phi) is 4.61. The van der Waals surface area contributed by atoms with E-state index in [-0.39, 0.29) is 0 Å². The summed E-state index contributed by atoms with van der Waals surface area (Å²) in [5.74, 6) is 0.904. The number of halogens is 1. The van der Waals surface area contributed by atoms with E-state index >= 15 is 0 Å². The molecule has 0 bridgehead atoms. The molecule has 13 heavy (non-hydrogen) atoms. The summed E-state index contributed by atoms with van der Waals surface area (Å²) in [6.45, 7) is 0.